The zero-order chi connectivity index (χ0) is 15.9. The van der Waals surface area contributed by atoms with Crippen molar-refractivity contribution in [3.8, 4) is 0 Å². The van der Waals surface area contributed by atoms with Gasteiger partial charge in [0.15, 0.2) is 11.2 Å². The summed E-state index contributed by atoms with van der Waals surface area (Å²) < 4.78 is 5.02. The van der Waals surface area contributed by atoms with E-state index < -0.39 is 0 Å². The van der Waals surface area contributed by atoms with Gasteiger partial charge >= 0.3 is 5.69 Å². The molecule has 124 valence electrons. The van der Waals surface area contributed by atoms with Crippen LogP contribution in [0.2, 0.25) is 0 Å². The first-order valence-electron chi connectivity index (χ1n) is 6.80. The molecule has 0 bridgehead atoms. The fourth-order valence-corrected chi connectivity index (χ4v) is 2.18. The number of halogens is 1. The molecular weight excluding hydrogens is 399 g/mol. The molecule has 2 heterocycles. The van der Waals surface area contributed by atoms with E-state index in [-0.39, 0.29) is 35.2 Å². The lowest BCUT2D eigenvalue weighted by molar-refractivity contribution is -0.868. The number of aromatic nitrogens is 4. The van der Waals surface area contributed by atoms with Gasteiger partial charge in [-0.1, -0.05) is 0 Å². The van der Waals surface area contributed by atoms with Gasteiger partial charge in [-0.25, -0.2) is 4.79 Å². The minimum Gasteiger partial charge on any atom is -1.00 e. The number of aryl methyl sites for hydroxylation is 2. The van der Waals surface area contributed by atoms with Crippen molar-refractivity contribution < 1.29 is 28.5 Å². The average molecular weight is 422 g/mol. The van der Waals surface area contributed by atoms with Crippen molar-refractivity contribution in [1.82, 2.24) is 18.7 Å². The van der Waals surface area contributed by atoms with E-state index in [4.69, 9.17) is 0 Å². The van der Waals surface area contributed by atoms with Gasteiger partial charge in [-0.15, -0.1) is 0 Å². The van der Waals surface area contributed by atoms with Crippen LogP contribution in [0.3, 0.4) is 0 Å². The lowest BCUT2D eigenvalue weighted by Crippen LogP contribution is -3.00. The molecule has 22 heavy (non-hydrogen) atoms. The highest BCUT2D eigenvalue weighted by Crippen LogP contribution is 2.12. The Hall–Kier alpha value is -1.36. The third-order valence-corrected chi connectivity index (χ3v) is 3.54. The summed E-state index contributed by atoms with van der Waals surface area (Å²) in [5, 5.41) is 3.22. The lowest BCUT2D eigenvalue weighted by atomic mass is 10.5. The summed E-state index contributed by atoms with van der Waals surface area (Å²) in [4.78, 5) is 28.5. The number of nitrogens with zero attached hydrogens (tertiary/aromatic N) is 5. The molecule has 2 aromatic rings. The fourth-order valence-electron chi connectivity index (χ4n) is 2.18. The molecule has 0 aliphatic heterocycles. The average Bonchev–Trinajstić information content (AvgIpc) is 2.70. The Bertz CT molecular complexity index is 796. The Labute approximate surface area is 146 Å². The maximum absolute atomic E-state index is 12.2. The van der Waals surface area contributed by atoms with Crippen molar-refractivity contribution in [2.24, 2.45) is 21.1 Å². The van der Waals surface area contributed by atoms with Crippen molar-refractivity contribution in [3.05, 3.63) is 20.8 Å². The van der Waals surface area contributed by atoms with Gasteiger partial charge in [0, 0.05) is 21.1 Å². The van der Waals surface area contributed by atoms with Crippen LogP contribution in [-0.4, -0.2) is 57.4 Å². The molecular formula is C13H23IN6O2. The predicted molar refractivity (Wildman–Crippen MR) is 82.6 cm³/mol. The fraction of sp³-hybridized carbons (Fsp3) is 0.615. The first kappa shape index (κ1) is 18.7. The van der Waals surface area contributed by atoms with E-state index in [1.165, 1.54) is 11.6 Å². The largest absolute Gasteiger partial charge is 1.00 e. The Kier molecular flexibility index (Phi) is 5.44. The zero-order valence-electron chi connectivity index (χ0n) is 13.8. The molecule has 8 nitrogen and oxygen atoms in total. The second kappa shape index (κ2) is 6.41. The van der Waals surface area contributed by atoms with Crippen molar-refractivity contribution in [2.75, 3.05) is 39.5 Å². The summed E-state index contributed by atoms with van der Waals surface area (Å²) in [5.41, 5.74) is 0.122. The van der Waals surface area contributed by atoms with Crippen LogP contribution in [0.4, 0.5) is 5.95 Å². The van der Waals surface area contributed by atoms with Crippen molar-refractivity contribution in [2.45, 2.75) is 0 Å². The van der Waals surface area contributed by atoms with Gasteiger partial charge in [0.1, 0.15) is 0 Å². The molecule has 0 atom stereocenters. The first-order chi connectivity index (χ1) is 9.63. The summed E-state index contributed by atoms with van der Waals surface area (Å²) in [6, 6.07) is 0. The molecule has 2 aromatic heterocycles. The number of rotatable bonds is 4. The van der Waals surface area contributed by atoms with Crippen LogP contribution in [0.15, 0.2) is 9.59 Å². The maximum atomic E-state index is 12.2. The van der Waals surface area contributed by atoms with Crippen LogP contribution in [0.1, 0.15) is 0 Å². The topological polar surface area (TPSA) is 73.8 Å². The number of quaternary nitrogens is 1. The molecule has 0 aromatic carbocycles. The van der Waals surface area contributed by atoms with Crippen molar-refractivity contribution in [3.63, 3.8) is 0 Å². The third kappa shape index (κ3) is 3.35. The highest BCUT2D eigenvalue weighted by atomic mass is 127. The van der Waals surface area contributed by atoms with Crippen LogP contribution >= 0.6 is 0 Å². The van der Waals surface area contributed by atoms with Crippen LogP contribution in [0.25, 0.3) is 11.2 Å². The third-order valence-electron chi connectivity index (χ3n) is 3.54. The standard InChI is InChI=1S/C13H22N6O2.HI/c1-16-9-10(17(2)13(21)18(3)11(9)20)15-12(16)14-7-8-19(4,5)6;/h7-8H2,1-6H3;1H. The van der Waals surface area contributed by atoms with E-state index in [0.29, 0.717) is 17.1 Å². The predicted octanol–water partition coefficient (Wildman–Crippen LogP) is -3.91. The normalized spacial score (nSPS) is 11.5. The molecule has 0 aliphatic rings. The van der Waals surface area contributed by atoms with Gasteiger partial charge in [0.2, 0.25) is 5.95 Å². The van der Waals surface area contributed by atoms with Gasteiger partial charge in [-0.3, -0.25) is 13.9 Å². The van der Waals surface area contributed by atoms with Crippen LogP contribution in [-0.2, 0) is 21.1 Å². The summed E-state index contributed by atoms with van der Waals surface area (Å²) in [5.74, 6) is 0.594. The summed E-state index contributed by atoms with van der Waals surface area (Å²) >= 11 is 0. The molecule has 0 saturated carbocycles. The van der Waals surface area contributed by atoms with Gasteiger partial charge in [-0.2, -0.15) is 4.98 Å². The molecule has 0 saturated heterocycles. The van der Waals surface area contributed by atoms with Crippen molar-refractivity contribution >= 4 is 17.1 Å². The number of hydrogen-bond acceptors (Lipinski definition) is 4. The monoisotopic (exact) mass is 422 g/mol. The number of anilines is 1. The van der Waals surface area contributed by atoms with Crippen LogP contribution < -0.4 is 40.5 Å². The highest BCUT2D eigenvalue weighted by Gasteiger charge is 2.17. The highest BCUT2D eigenvalue weighted by molar-refractivity contribution is 5.74. The minimum absolute atomic E-state index is 0. The smallest absolute Gasteiger partial charge is 0.332 e. The molecule has 0 radical (unpaired) electrons. The maximum Gasteiger partial charge on any atom is 0.332 e. The summed E-state index contributed by atoms with van der Waals surface area (Å²) in [7, 11) is 11.2. The molecule has 0 unspecified atom stereocenters. The Morgan fingerprint density at radius 2 is 1.64 bits per heavy atom. The molecule has 0 aliphatic carbocycles. The summed E-state index contributed by atoms with van der Waals surface area (Å²) in [6.45, 7) is 1.65. The number of nitrogens with one attached hydrogen (secondary N) is 1. The second-order valence-electron chi connectivity index (χ2n) is 6.31. The van der Waals surface area contributed by atoms with E-state index in [2.05, 4.69) is 31.4 Å². The summed E-state index contributed by atoms with van der Waals surface area (Å²) in [6.07, 6.45) is 0. The van der Waals surface area contributed by atoms with Gasteiger partial charge in [0.25, 0.3) is 5.56 Å². The Morgan fingerprint density at radius 3 is 2.18 bits per heavy atom. The van der Waals surface area contributed by atoms with E-state index in [0.717, 1.165) is 22.1 Å². The Morgan fingerprint density at radius 1 is 1.05 bits per heavy atom. The number of fused-ring (bicyclic) bond motifs is 1. The van der Waals surface area contributed by atoms with E-state index in [1.54, 1.807) is 18.7 Å². The van der Waals surface area contributed by atoms with Crippen molar-refractivity contribution in [1.29, 1.82) is 0 Å². The van der Waals surface area contributed by atoms with Crippen LogP contribution in [0.5, 0.6) is 0 Å². The number of imidazole rings is 1. The molecule has 0 fully saturated rings. The molecule has 1 N–H and O–H groups in total. The number of hydrogen-bond donors (Lipinski definition) is 1. The first-order valence-corrected chi connectivity index (χ1v) is 6.80. The van der Waals surface area contributed by atoms with E-state index >= 15 is 0 Å². The van der Waals surface area contributed by atoms with Gasteiger partial charge in [-0.05, 0) is 0 Å². The molecule has 9 heteroatoms. The van der Waals surface area contributed by atoms with E-state index in [1.807, 2.05) is 0 Å². The quantitative estimate of drug-likeness (QED) is 0.404. The lowest BCUT2D eigenvalue weighted by Gasteiger charge is -2.23. The van der Waals surface area contributed by atoms with E-state index in [9.17, 15) is 9.59 Å². The van der Waals surface area contributed by atoms with Gasteiger partial charge < -0.3 is 38.3 Å². The number of likely N-dealkylation sites (N-methyl/N-ethyl adjacent to an activating group) is 1. The molecule has 0 amide bonds. The molecule has 0 spiro atoms. The molecule has 2 rings (SSSR count). The minimum atomic E-state index is -0.372. The zero-order valence-corrected chi connectivity index (χ0v) is 16.0. The SMILES string of the molecule is Cn1c(=O)c2c(nc(NCC[N+](C)(C)C)n2C)n(C)c1=O.[I-]. The van der Waals surface area contributed by atoms with Crippen LogP contribution in [0, 0.1) is 0 Å². The Balaban J connectivity index is 0.00000242. The second-order valence-corrected chi connectivity index (χ2v) is 6.31. The van der Waals surface area contributed by atoms with Gasteiger partial charge in [0.05, 0.1) is 34.2 Å².